The van der Waals surface area contributed by atoms with E-state index in [2.05, 4.69) is 25.3 Å². The van der Waals surface area contributed by atoms with Crippen LogP contribution >= 0.6 is 0 Å². The Morgan fingerprint density at radius 3 is 2.36 bits per heavy atom. The lowest BCUT2D eigenvalue weighted by atomic mass is 10.0. The van der Waals surface area contributed by atoms with Crippen LogP contribution in [0.2, 0.25) is 0 Å². The fraction of sp³-hybridized carbons (Fsp3) is 0.280. The van der Waals surface area contributed by atoms with Crippen LogP contribution in [0.5, 0.6) is 5.75 Å². The van der Waals surface area contributed by atoms with Crippen molar-refractivity contribution < 1.29 is 32.6 Å². The molecule has 12 nitrogen and oxygen atoms in total. The number of carboxylic acids is 1. The van der Waals surface area contributed by atoms with Crippen LogP contribution in [0.1, 0.15) is 29.6 Å². The zero-order chi connectivity index (χ0) is 28.0. The molecule has 0 aliphatic carbocycles. The molecular formula is C25H27FN6O6S. The molecule has 0 saturated carbocycles. The molecule has 1 aromatic heterocycles. The number of aromatic nitrogens is 2. The van der Waals surface area contributed by atoms with E-state index in [0.29, 0.717) is 24.7 Å². The molecule has 0 radical (unpaired) electrons. The summed E-state index contributed by atoms with van der Waals surface area (Å²) >= 11 is 0. The Bertz CT molecular complexity index is 1420. The lowest BCUT2D eigenvalue weighted by molar-refractivity contribution is -0.137. The maximum atomic E-state index is 15.0. The van der Waals surface area contributed by atoms with E-state index in [4.69, 9.17) is 0 Å². The Morgan fingerprint density at radius 1 is 1.08 bits per heavy atom. The summed E-state index contributed by atoms with van der Waals surface area (Å²) < 4.78 is 42.4. The molecular weight excluding hydrogens is 531 g/mol. The van der Waals surface area contributed by atoms with Crippen molar-refractivity contribution in [3.05, 3.63) is 72.3 Å². The number of nitrogens with zero attached hydrogens (tertiary/aromatic N) is 3. The van der Waals surface area contributed by atoms with Crippen LogP contribution < -0.4 is 20.3 Å². The Balaban J connectivity index is 1.39. The number of hydrogen-bond acceptors (Lipinski definition) is 9. The number of carbonyl (C=O) groups is 2. The highest BCUT2D eigenvalue weighted by atomic mass is 32.2. The zero-order valence-electron chi connectivity index (χ0n) is 20.6. The van der Waals surface area contributed by atoms with Crippen LogP contribution in [-0.4, -0.2) is 65.8 Å². The zero-order valence-corrected chi connectivity index (χ0v) is 21.4. The van der Waals surface area contributed by atoms with Crippen molar-refractivity contribution in [1.82, 2.24) is 20.0 Å². The molecule has 1 aliphatic rings. The normalized spacial score (nSPS) is 14.9. The Labute approximate surface area is 224 Å². The molecule has 1 aliphatic heterocycles. The van der Waals surface area contributed by atoms with E-state index >= 15 is 4.39 Å². The van der Waals surface area contributed by atoms with E-state index < -0.39 is 40.3 Å². The van der Waals surface area contributed by atoms with Crippen molar-refractivity contribution in [2.45, 2.75) is 36.4 Å². The van der Waals surface area contributed by atoms with Gasteiger partial charge in [0.05, 0.1) is 17.0 Å². The van der Waals surface area contributed by atoms with Crippen molar-refractivity contribution >= 4 is 33.5 Å². The Hall–Kier alpha value is -4.30. The molecule has 1 atom stereocenters. The van der Waals surface area contributed by atoms with E-state index in [9.17, 15) is 28.2 Å². The van der Waals surface area contributed by atoms with Gasteiger partial charge in [-0.3, -0.25) is 9.59 Å². The molecule has 1 unspecified atom stereocenters. The van der Waals surface area contributed by atoms with E-state index in [1.165, 1.54) is 12.1 Å². The fourth-order valence-corrected chi connectivity index (χ4v) is 5.29. The maximum absolute atomic E-state index is 15.0. The number of halogens is 1. The molecule has 39 heavy (non-hydrogen) atoms. The second kappa shape index (κ2) is 12.0. The summed E-state index contributed by atoms with van der Waals surface area (Å²) in [6.45, 7) is 1.12. The van der Waals surface area contributed by atoms with Crippen molar-refractivity contribution in [3.63, 3.8) is 0 Å². The van der Waals surface area contributed by atoms with Gasteiger partial charge in [0.25, 0.3) is 5.91 Å². The highest BCUT2D eigenvalue weighted by molar-refractivity contribution is 7.89. The number of aromatic hydroxyl groups is 1. The number of rotatable bonds is 10. The van der Waals surface area contributed by atoms with Crippen molar-refractivity contribution in [2.75, 3.05) is 23.3 Å². The van der Waals surface area contributed by atoms with Crippen LogP contribution in [0.4, 0.5) is 16.0 Å². The molecule has 5 N–H and O–H groups in total. The summed E-state index contributed by atoms with van der Waals surface area (Å²) in [5.74, 6) is -2.49. The van der Waals surface area contributed by atoms with E-state index in [0.717, 1.165) is 43.2 Å². The predicted octanol–water partition coefficient (Wildman–Crippen LogP) is 1.91. The first-order chi connectivity index (χ1) is 18.6. The molecule has 2 heterocycles. The molecule has 1 fully saturated rings. The first-order valence-corrected chi connectivity index (χ1v) is 13.5. The van der Waals surface area contributed by atoms with Crippen LogP contribution in [0.3, 0.4) is 0 Å². The number of carbonyl (C=O) groups excluding carboxylic acids is 1. The minimum Gasteiger partial charge on any atom is -0.508 e. The van der Waals surface area contributed by atoms with E-state index in [-0.39, 0.29) is 22.3 Å². The minimum absolute atomic E-state index is 0.103. The molecule has 0 bridgehead atoms. The van der Waals surface area contributed by atoms with Crippen molar-refractivity contribution in [2.24, 2.45) is 0 Å². The minimum atomic E-state index is -4.24. The summed E-state index contributed by atoms with van der Waals surface area (Å²) in [4.78, 5) is 34.0. The SMILES string of the molecule is O=C(O)CC(NC(=O)c1ccc(N2CCC(Nc3ncccn3)CC2)c(F)c1)NS(=O)(=O)c1ccc(O)cc1. The summed E-state index contributed by atoms with van der Waals surface area (Å²) in [6.07, 6.45) is 2.45. The molecule has 206 valence electrons. The summed E-state index contributed by atoms with van der Waals surface area (Å²) in [7, 11) is -4.24. The molecule has 2 aromatic carbocycles. The first kappa shape index (κ1) is 27.7. The number of carboxylic acid groups (broad SMARTS) is 1. The largest absolute Gasteiger partial charge is 0.508 e. The van der Waals surface area contributed by atoms with E-state index in [1.54, 1.807) is 18.5 Å². The lowest BCUT2D eigenvalue weighted by Crippen LogP contribution is -2.49. The summed E-state index contributed by atoms with van der Waals surface area (Å²) in [5.41, 5.74) is 0.212. The first-order valence-electron chi connectivity index (χ1n) is 12.0. The van der Waals surface area contributed by atoms with Crippen molar-refractivity contribution in [1.29, 1.82) is 0 Å². The third-order valence-corrected chi connectivity index (χ3v) is 7.56. The third-order valence-electron chi connectivity index (χ3n) is 6.07. The van der Waals surface area contributed by atoms with Gasteiger partial charge in [0.2, 0.25) is 16.0 Å². The van der Waals surface area contributed by atoms with Gasteiger partial charge in [-0.25, -0.2) is 22.8 Å². The van der Waals surface area contributed by atoms with Gasteiger partial charge in [0.1, 0.15) is 17.7 Å². The number of phenols is 1. The number of benzene rings is 2. The lowest BCUT2D eigenvalue weighted by Gasteiger charge is -2.34. The second-order valence-electron chi connectivity index (χ2n) is 8.88. The number of sulfonamides is 1. The number of piperidine rings is 1. The number of aliphatic carboxylic acids is 1. The predicted molar refractivity (Wildman–Crippen MR) is 139 cm³/mol. The van der Waals surface area contributed by atoms with Crippen LogP contribution in [0.25, 0.3) is 0 Å². The van der Waals surface area contributed by atoms with E-state index in [1.807, 2.05) is 4.90 Å². The number of nitrogens with one attached hydrogen (secondary N) is 3. The van der Waals surface area contributed by atoms with Gasteiger partial charge in [-0.2, -0.15) is 4.72 Å². The Morgan fingerprint density at radius 2 is 1.74 bits per heavy atom. The molecule has 0 spiro atoms. The standard InChI is InChI=1S/C25H27FN6O6S/c26-20-14-16(2-7-21(20)32-12-8-17(9-13-32)29-25-27-10-1-11-28-25)24(36)30-22(15-23(34)35)31-39(37,38)19-5-3-18(33)4-6-19/h1-7,10-11,14,17,22,31,33H,8-9,12-13,15H2,(H,30,36)(H,34,35)(H,27,28,29). The molecule has 1 amide bonds. The van der Waals surface area contributed by atoms with Gasteiger partial charge in [-0.15, -0.1) is 0 Å². The smallest absolute Gasteiger partial charge is 0.306 e. The quantitative estimate of drug-likeness (QED) is 0.231. The summed E-state index contributed by atoms with van der Waals surface area (Å²) in [5, 5.41) is 24.1. The fourth-order valence-electron chi connectivity index (χ4n) is 4.14. The second-order valence-corrected chi connectivity index (χ2v) is 10.6. The molecule has 3 aromatic rings. The molecule has 14 heteroatoms. The summed E-state index contributed by atoms with van der Waals surface area (Å²) in [6, 6.07) is 10.3. The number of amides is 1. The number of hydrogen-bond donors (Lipinski definition) is 5. The van der Waals surface area contributed by atoms with Gasteiger partial charge in [0, 0.05) is 37.1 Å². The third kappa shape index (κ3) is 7.39. The van der Waals surface area contributed by atoms with Crippen LogP contribution in [-0.2, 0) is 14.8 Å². The van der Waals surface area contributed by atoms with Crippen LogP contribution in [0.15, 0.2) is 65.8 Å². The van der Waals surface area contributed by atoms with Crippen molar-refractivity contribution in [3.8, 4) is 5.75 Å². The average molecular weight is 559 g/mol. The van der Waals surface area contributed by atoms with Gasteiger partial charge < -0.3 is 25.7 Å². The topological polar surface area (TPSA) is 174 Å². The number of phenolic OH excluding ortho intramolecular Hbond substituents is 1. The van der Waals surface area contributed by atoms with Crippen LogP contribution in [0, 0.1) is 5.82 Å². The number of anilines is 2. The highest BCUT2D eigenvalue weighted by Crippen LogP contribution is 2.25. The molecule has 1 saturated heterocycles. The van der Waals surface area contributed by atoms with Gasteiger partial charge >= 0.3 is 5.97 Å². The van der Waals surface area contributed by atoms with Gasteiger partial charge in [-0.05, 0) is 61.4 Å². The van der Waals surface area contributed by atoms with Gasteiger partial charge in [-0.1, -0.05) is 0 Å². The Kier molecular flexibility index (Phi) is 8.56. The average Bonchev–Trinajstić information content (AvgIpc) is 2.89. The maximum Gasteiger partial charge on any atom is 0.306 e. The highest BCUT2D eigenvalue weighted by Gasteiger charge is 2.26. The van der Waals surface area contributed by atoms with Gasteiger partial charge in [0.15, 0.2) is 0 Å². The molecule has 4 rings (SSSR count). The monoisotopic (exact) mass is 558 g/mol.